The molecule has 1 heterocycles. The first-order valence-corrected chi connectivity index (χ1v) is 11.5. The second-order valence-corrected chi connectivity index (χ2v) is 9.85. The number of unbranched alkanes of at least 4 members (excludes halogenated alkanes) is 1. The second-order valence-electron chi connectivity index (χ2n) is 9.85. The molecule has 1 aliphatic rings. The van der Waals surface area contributed by atoms with E-state index in [1.165, 1.54) is 5.56 Å². The van der Waals surface area contributed by atoms with Gasteiger partial charge < -0.3 is 19.3 Å². The van der Waals surface area contributed by atoms with E-state index in [0.717, 1.165) is 28.1 Å². The molecule has 33 heavy (non-hydrogen) atoms. The van der Waals surface area contributed by atoms with Gasteiger partial charge in [-0.25, -0.2) is 0 Å². The Labute approximate surface area is 198 Å². The number of methoxy groups -OCH3 is 1. The van der Waals surface area contributed by atoms with Gasteiger partial charge in [0.05, 0.1) is 25.8 Å². The van der Waals surface area contributed by atoms with E-state index in [1.54, 1.807) is 7.11 Å². The Morgan fingerprint density at radius 3 is 2.55 bits per heavy atom. The fraction of sp³-hybridized carbons (Fsp3) is 0.481. The number of amidine groups is 1. The minimum Gasteiger partial charge on any atom is -0.493 e. The molecule has 0 spiro atoms. The summed E-state index contributed by atoms with van der Waals surface area (Å²) in [6.07, 6.45) is 1.13. The Kier molecular flexibility index (Phi) is 7.22. The van der Waals surface area contributed by atoms with Gasteiger partial charge in [-0.2, -0.15) is 5.26 Å². The lowest BCUT2D eigenvalue weighted by Gasteiger charge is -2.30. The van der Waals surface area contributed by atoms with Crippen molar-refractivity contribution in [3.8, 4) is 17.6 Å². The third-order valence-electron chi connectivity index (χ3n) is 6.22. The van der Waals surface area contributed by atoms with Crippen LogP contribution in [0.1, 0.15) is 68.8 Å². The number of ether oxygens (including phenoxy) is 2. The lowest BCUT2D eigenvalue weighted by Crippen LogP contribution is -2.28. The Hall–Kier alpha value is -3.20. The van der Waals surface area contributed by atoms with Crippen molar-refractivity contribution in [2.75, 3.05) is 32.7 Å². The molecule has 0 aliphatic carbocycles. The zero-order valence-electron chi connectivity index (χ0n) is 21.0. The van der Waals surface area contributed by atoms with E-state index in [-0.39, 0.29) is 11.5 Å². The molecular weight excluding hydrogens is 412 g/mol. The van der Waals surface area contributed by atoms with Crippen molar-refractivity contribution in [2.45, 2.75) is 58.5 Å². The Balaban J connectivity index is 1.97. The summed E-state index contributed by atoms with van der Waals surface area (Å²) in [7, 11) is 5.74. The van der Waals surface area contributed by atoms with E-state index in [2.05, 4.69) is 67.8 Å². The van der Waals surface area contributed by atoms with E-state index in [9.17, 15) is 0 Å². The zero-order chi connectivity index (χ0) is 24.3. The van der Waals surface area contributed by atoms with E-state index >= 15 is 0 Å². The average Bonchev–Trinajstić information content (AvgIpc) is 3.10. The van der Waals surface area contributed by atoms with E-state index in [0.29, 0.717) is 37.6 Å². The van der Waals surface area contributed by atoms with Crippen LogP contribution in [-0.4, -0.2) is 38.5 Å². The molecule has 0 bridgehead atoms. The molecule has 2 aromatic carbocycles. The quantitative estimate of drug-likeness (QED) is 0.529. The van der Waals surface area contributed by atoms with Crippen LogP contribution in [0, 0.1) is 16.7 Å². The first kappa shape index (κ1) is 24.4. The Bertz CT molecular complexity index is 1060. The fourth-order valence-corrected chi connectivity index (χ4v) is 4.22. The van der Waals surface area contributed by atoms with E-state index in [4.69, 9.17) is 20.1 Å². The summed E-state index contributed by atoms with van der Waals surface area (Å²) >= 11 is 0. The number of nitrogens with one attached hydrogen (secondary N) is 1. The summed E-state index contributed by atoms with van der Waals surface area (Å²) in [6.45, 7) is 9.79. The maximum atomic E-state index is 8.84. The normalized spacial score (nSPS) is 14.0. The highest BCUT2D eigenvalue weighted by atomic mass is 16.5. The third kappa shape index (κ3) is 5.08. The standard InChI is InChI=1S/C27H36N4O2/c1-18(31-17-20-14-21(30(5)6)10-11-22(20)26(31)29)19-15-23(27(2,3)4)25(32-7)24(16-19)33-13-9-8-12-28/h10-11,14-16,18,29H,8-9,13,17H2,1-7H3. The van der Waals surface area contributed by atoms with Crippen molar-refractivity contribution in [3.05, 3.63) is 52.6 Å². The molecule has 1 unspecified atom stereocenters. The smallest absolute Gasteiger partial charge is 0.164 e. The van der Waals surface area contributed by atoms with Crippen molar-refractivity contribution >= 4 is 11.5 Å². The number of hydrogen-bond acceptors (Lipinski definition) is 5. The summed E-state index contributed by atoms with van der Waals surface area (Å²) in [4.78, 5) is 4.23. The predicted octanol–water partition coefficient (Wildman–Crippen LogP) is 5.64. The molecule has 2 aromatic rings. The number of benzene rings is 2. The van der Waals surface area contributed by atoms with Crippen LogP contribution in [0.4, 0.5) is 5.69 Å². The molecule has 0 saturated carbocycles. The number of hydrogen-bond donors (Lipinski definition) is 1. The molecule has 0 amide bonds. The summed E-state index contributed by atoms with van der Waals surface area (Å²) in [5.41, 5.74) is 5.32. The number of fused-ring (bicyclic) bond motifs is 1. The topological polar surface area (TPSA) is 72.6 Å². The monoisotopic (exact) mass is 448 g/mol. The lowest BCUT2D eigenvalue weighted by molar-refractivity contribution is 0.284. The molecule has 6 heteroatoms. The zero-order valence-corrected chi connectivity index (χ0v) is 21.0. The molecule has 1 N–H and O–H groups in total. The molecule has 1 atom stereocenters. The summed E-state index contributed by atoms with van der Waals surface area (Å²) in [5, 5.41) is 17.7. The minimum atomic E-state index is -0.145. The Morgan fingerprint density at radius 1 is 1.21 bits per heavy atom. The van der Waals surface area contributed by atoms with Gasteiger partial charge in [0.25, 0.3) is 0 Å². The van der Waals surface area contributed by atoms with Crippen LogP contribution in [0.3, 0.4) is 0 Å². The van der Waals surface area contributed by atoms with Gasteiger partial charge in [0.15, 0.2) is 11.5 Å². The fourth-order valence-electron chi connectivity index (χ4n) is 4.22. The summed E-state index contributed by atoms with van der Waals surface area (Å²) in [6, 6.07) is 12.7. The van der Waals surface area contributed by atoms with E-state index in [1.807, 2.05) is 20.2 Å². The summed E-state index contributed by atoms with van der Waals surface area (Å²) in [5.74, 6) is 1.99. The van der Waals surface area contributed by atoms with Gasteiger partial charge in [-0.1, -0.05) is 20.8 Å². The van der Waals surface area contributed by atoms with Crippen LogP contribution in [0.5, 0.6) is 11.5 Å². The van der Waals surface area contributed by atoms with Gasteiger partial charge >= 0.3 is 0 Å². The van der Waals surface area contributed by atoms with Crippen LogP contribution in [0.15, 0.2) is 30.3 Å². The SMILES string of the molecule is COc1c(OCCCC#N)cc(C(C)N2Cc3cc(N(C)C)ccc3C2=N)cc1C(C)(C)C. The number of anilines is 1. The van der Waals surface area contributed by atoms with Crippen LogP contribution in [0.2, 0.25) is 0 Å². The van der Waals surface area contributed by atoms with Gasteiger partial charge in [-0.05, 0) is 60.2 Å². The van der Waals surface area contributed by atoms with Crippen molar-refractivity contribution in [1.82, 2.24) is 4.90 Å². The number of nitriles is 1. The van der Waals surface area contributed by atoms with Crippen molar-refractivity contribution in [1.29, 1.82) is 10.7 Å². The largest absolute Gasteiger partial charge is 0.493 e. The molecule has 0 fully saturated rings. The van der Waals surface area contributed by atoms with Gasteiger partial charge in [0, 0.05) is 43.9 Å². The first-order valence-electron chi connectivity index (χ1n) is 11.5. The van der Waals surface area contributed by atoms with E-state index < -0.39 is 0 Å². The van der Waals surface area contributed by atoms with Gasteiger partial charge in [0.1, 0.15) is 5.84 Å². The maximum Gasteiger partial charge on any atom is 0.164 e. The molecule has 3 rings (SSSR count). The lowest BCUT2D eigenvalue weighted by atomic mass is 9.84. The second kappa shape index (κ2) is 9.74. The van der Waals surface area contributed by atoms with Crippen LogP contribution < -0.4 is 14.4 Å². The predicted molar refractivity (Wildman–Crippen MR) is 134 cm³/mol. The average molecular weight is 449 g/mol. The van der Waals surface area contributed by atoms with Crippen LogP contribution in [-0.2, 0) is 12.0 Å². The van der Waals surface area contributed by atoms with Gasteiger partial charge in [-0.15, -0.1) is 0 Å². The highest BCUT2D eigenvalue weighted by molar-refractivity contribution is 6.01. The molecule has 6 nitrogen and oxygen atoms in total. The number of rotatable bonds is 8. The summed E-state index contributed by atoms with van der Waals surface area (Å²) < 4.78 is 11.9. The molecule has 0 radical (unpaired) electrons. The molecule has 0 saturated heterocycles. The van der Waals surface area contributed by atoms with Gasteiger partial charge in [-0.3, -0.25) is 5.41 Å². The molecule has 1 aliphatic heterocycles. The highest BCUT2D eigenvalue weighted by Gasteiger charge is 2.31. The van der Waals surface area contributed by atoms with Crippen molar-refractivity contribution in [2.24, 2.45) is 0 Å². The van der Waals surface area contributed by atoms with Crippen molar-refractivity contribution in [3.63, 3.8) is 0 Å². The maximum absolute atomic E-state index is 8.84. The van der Waals surface area contributed by atoms with Crippen LogP contribution in [0.25, 0.3) is 0 Å². The highest BCUT2D eigenvalue weighted by Crippen LogP contribution is 2.43. The molecule has 0 aromatic heterocycles. The number of nitrogens with zero attached hydrogens (tertiary/aromatic N) is 3. The minimum absolute atomic E-state index is 0.0128. The van der Waals surface area contributed by atoms with Crippen molar-refractivity contribution < 1.29 is 9.47 Å². The van der Waals surface area contributed by atoms with Crippen LogP contribution >= 0.6 is 0 Å². The van der Waals surface area contributed by atoms with Gasteiger partial charge in [0.2, 0.25) is 0 Å². The third-order valence-corrected chi connectivity index (χ3v) is 6.22. The Morgan fingerprint density at radius 2 is 1.94 bits per heavy atom. The molecule has 176 valence electrons. The molecular formula is C27H36N4O2. The first-order chi connectivity index (χ1) is 15.6.